The Kier molecular flexibility index (Phi) is 3.23. The summed E-state index contributed by atoms with van der Waals surface area (Å²) >= 11 is 0. The summed E-state index contributed by atoms with van der Waals surface area (Å²) in [7, 11) is 1.82. The van der Waals surface area contributed by atoms with E-state index in [0.29, 0.717) is 17.3 Å². The zero-order valence-electron chi connectivity index (χ0n) is 11.2. The van der Waals surface area contributed by atoms with Crippen LogP contribution >= 0.6 is 0 Å². The Morgan fingerprint density at radius 2 is 2.10 bits per heavy atom. The smallest absolute Gasteiger partial charge is 0.222 e. The fourth-order valence-corrected chi connectivity index (χ4v) is 1.80. The Morgan fingerprint density at radius 3 is 2.81 bits per heavy atom. The molecular weight excluding hydrogens is 273 g/mol. The molecule has 0 spiro atoms. The SMILES string of the molecule is Cn1cc(-c2cc(Oc3ccc(N)c(F)c3)ncn2)cn1. The summed E-state index contributed by atoms with van der Waals surface area (Å²) in [4.78, 5) is 8.16. The van der Waals surface area contributed by atoms with Crippen molar-refractivity contribution in [3.05, 3.63) is 48.8 Å². The number of hydrogen-bond donors (Lipinski definition) is 1. The van der Waals surface area contributed by atoms with Gasteiger partial charge in [0.1, 0.15) is 17.9 Å². The van der Waals surface area contributed by atoms with Gasteiger partial charge in [0.2, 0.25) is 5.88 Å². The first kappa shape index (κ1) is 13.0. The predicted molar refractivity (Wildman–Crippen MR) is 75.1 cm³/mol. The standard InChI is InChI=1S/C14H12FN5O/c1-20-7-9(6-19-20)13-5-14(18-8-17-13)21-10-2-3-12(16)11(15)4-10/h2-8H,16H2,1H3. The second-order valence-electron chi connectivity index (χ2n) is 4.43. The summed E-state index contributed by atoms with van der Waals surface area (Å²) in [5.41, 5.74) is 7.00. The Labute approximate surface area is 120 Å². The lowest BCUT2D eigenvalue weighted by Gasteiger charge is -2.06. The van der Waals surface area contributed by atoms with Crippen molar-refractivity contribution in [1.29, 1.82) is 0 Å². The molecule has 0 amide bonds. The number of halogens is 1. The van der Waals surface area contributed by atoms with Crippen molar-refractivity contribution in [3.8, 4) is 22.9 Å². The number of nitrogens with zero attached hydrogens (tertiary/aromatic N) is 4. The quantitative estimate of drug-likeness (QED) is 0.747. The topological polar surface area (TPSA) is 78.9 Å². The molecule has 6 nitrogen and oxygen atoms in total. The van der Waals surface area contributed by atoms with Crippen LogP contribution in [0.4, 0.5) is 10.1 Å². The average Bonchev–Trinajstić information content (AvgIpc) is 2.90. The number of aromatic nitrogens is 4. The third-order valence-corrected chi connectivity index (χ3v) is 2.84. The first-order chi connectivity index (χ1) is 10.1. The van der Waals surface area contributed by atoms with Crippen LogP contribution in [0.25, 0.3) is 11.3 Å². The molecule has 106 valence electrons. The number of ether oxygens (including phenoxy) is 1. The number of nitrogens with two attached hydrogens (primary N) is 1. The van der Waals surface area contributed by atoms with Gasteiger partial charge in [0.25, 0.3) is 0 Å². The van der Waals surface area contributed by atoms with Gasteiger partial charge in [-0.15, -0.1) is 0 Å². The Bertz CT molecular complexity index is 787. The van der Waals surface area contributed by atoms with Gasteiger partial charge in [-0.2, -0.15) is 5.10 Å². The lowest BCUT2D eigenvalue weighted by Crippen LogP contribution is -1.94. The van der Waals surface area contributed by atoms with E-state index in [4.69, 9.17) is 10.5 Å². The second kappa shape index (κ2) is 5.20. The van der Waals surface area contributed by atoms with E-state index in [2.05, 4.69) is 15.1 Å². The minimum atomic E-state index is -0.533. The van der Waals surface area contributed by atoms with E-state index in [1.807, 2.05) is 13.2 Å². The van der Waals surface area contributed by atoms with Crippen molar-refractivity contribution in [3.63, 3.8) is 0 Å². The van der Waals surface area contributed by atoms with Crippen molar-refractivity contribution in [1.82, 2.24) is 19.7 Å². The van der Waals surface area contributed by atoms with Gasteiger partial charge < -0.3 is 10.5 Å². The van der Waals surface area contributed by atoms with Crippen LogP contribution in [-0.4, -0.2) is 19.7 Å². The fourth-order valence-electron chi connectivity index (χ4n) is 1.80. The molecule has 3 aromatic rings. The molecule has 2 N–H and O–H groups in total. The lowest BCUT2D eigenvalue weighted by atomic mass is 10.2. The summed E-state index contributed by atoms with van der Waals surface area (Å²) < 4.78 is 20.6. The van der Waals surface area contributed by atoms with Crippen LogP contribution in [0.15, 0.2) is 43.0 Å². The summed E-state index contributed by atoms with van der Waals surface area (Å²) in [6, 6.07) is 5.88. The normalized spacial score (nSPS) is 10.6. The molecule has 0 fully saturated rings. The second-order valence-corrected chi connectivity index (χ2v) is 4.43. The van der Waals surface area contributed by atoms with E-state index < -0.39 is 5.82 Å². The van der Waals surface area contributed by atoms with E-state index in [-0.39, 0.29) is 5.69 Å². The van der Waals surface area contributed by atoms with Crippen LogP contribution in [0.3, 0.4) is 0 Å². The van der Waals surface area contributed by atoms with Crippen LogP contribution in [0, 0.1) is 5.82 Å². The van der Waals surface area contributed by atoms with Crippen molar-refractivity contribution in [2.75, 3.05) is 5.73 Å². The zero-order valence-corrected chi connectivity index (χ0v) is 11.2. The van der Waals surface area contributed by atoms with Gasteiger partial charge in [-0.1, -0.05) is 0 Å². The van der Waals surface area contributed by atoms with E-state index >= 15 is 0 Å². The van der Waals surface area contributed by atoms with E-state index in [1.54, 1.807) is 23.0 Å². The van der Waals surface area contributed by atoms with E-state index in [1.165, 1.54) is 18.5 Å². The highest BCUT2D eigenvalue weighted by Gasteiger charge is 2.07. The Hall–Kier alpha value is -2.96. The van der Waals surface area contributed by atoms with Crippen LogP contribution in [0.1, 0.15) is 0 Å². The predicted octanol–water partition coefficient (Wildman–Crippen LogP) is 2.39. The first-order valence-corrected chi connectivity index (χ1v) is 6.16. The monoisotopic (exact) mass is 285 g/mol. The summed E-state index contributed by atoms with van der Waals surface area (Å²) in [5, 5.41) is 4.08. The third-order valence-electron chi connectivity index (χ3n) is 2.84. The summed E-state index contributed by atoms with van der Waals surface area (Å²) in [6.07, 6.45) is 4.90. The highest BCUT2D eigenvalue weighted by Crippen LogP contribution is 2.25. The Balaban J connectivity index is 1.87. The molecule has 0 atom stereocenters. The van der Waals surface area contributed by atoms with Crippen molar-refractivity contribution in [2.45, 2.75) is 0 Å². The van der Waals surface area contributed by atoms with Crippen molar-refractivity contribution in [2.24, 2.45) is 7.05 Å². The number of anilines is 1. The molecule has 0 radical (unpaired) electrons. The van der Waals surface area contributed by atoms with Gasteiger partial charge in [-0.3, -0.25) is 4.68 Å². The Morgan fingerprint density at radius 1 is 1.24 bits per heavy atom. The maximum Gasteiger partial charge on any atom is 0.222 e. The van der Waals surface area contributed by atoms with E-state index in [9.17, 15) is 4.39 Å². The fraction of sp³-hybridized carbons (Fsp3) is 0.0714. The van der Waals surface area contributed by atoms with Crippen LogP contribution in [0.2, 0.25) is 0 Å². The number of benzene rings is 1. The lowest BCUT2D eigenvalue weighted by molar-refractivity contribution is 0.457. The highest BCUT2D eigenvalue weighted by molar-refractivity contribution is 5.57. The molecule has 0 aliphatic rings. The molecule has 21 heavy (non-hydrogen) atoms. The largest absolute Gasteiger partial charge is 0.439 e. The molecule has 0 aliphatic heterocycles. The molecule has 2 aromatic heterocycles. The molecular formula is C14H12FN5O. The number of hydrogen-bond acceptors (Lipinski definition) is 5. The molecule has 0 unspecified atom stereocenters. The highest BCUT2D eigenvalue weighted by atomic mass is 19.1. The van der Waals surface area contributed by atoms with Crippen LogP contribution < -0.4 is 10.5 Å². The molecule has 3 rings (SSSR count). The number of nitrogen functional groups attached to an aromatic ring is 1. The molecule has 7 heteroatoms. The molecule has 1 aromatic carbocycles. The van der Waals surface area contributed by atoms with Gasteiger partial charge in [-0.25, -0.2) is 14.4 Å². The molecule has 0 aliphatic carbocycles. The maximum absolute atomic E-state index is 13.4. The third kappa shape index (κ3) is 2.81. The van der Waals surface area contributed by atoms with Gasteiger partial charge in [-0.05, 0) is 12.1 Å². The van der Waals surface area contributed by atoms with Crippen LogP contribution in [-0.2, 0) is 7.05 Å². The minimum absolute atomic E-state index is 0.0705. The van der Waals surface area contributed by atoms with Gasteiger partial charge in [0.15, 0.2) is 0 Å². The summed E-state index contributed by atoms with van der Waals surface area (Å²) in [5.74, 6) is 0.0969. The van der Waals surface area contributed by atoms with Gasteiger partial charge in [0.05, 0.1) is 17.6 Å². The van der Waals surface area contributed by atoms with Crippen LogP contribution in [0.5, 0.6) is 11.6 Å². The molecule has 0 bridgehead atoms. The van der Waals surface area contributed by atoms with Gasteiger partial charge >= 0.3 is 0 Å². The zero-order chi connectivity index (χ0) is 14.8. The molecule has 2 heterocycles. The van der Waals surface area contributed by atoms with E-state index in [0.717, 1.165) is 5.56 Å². The summed E-state index contributed by atoms with van der Waals surface area (Å²) in [6.45, 7) is 0. The maximum atomic E-state index is 13.4. The van der Waals surface area contributed by atoms with Crippen molar-refractivity contribution >= 4 is 5.69 Å². The molecule has 0 saturated carbocycles. The molecule has 0 saturated heterocycles. The first-order valence-electron chi connectivity index (χ1n) is 6.16. The minimum Gasteiger partial charge on any atom is -0.439 e. The number of rotatable bonds is 3. The van der Waals surface area contributed by atoms with Gasteiger partial charge in [0, 0.05) is 30.9 Å². The number of aryl methyl sites for hydroxylation is 1. The average molecular weight is 285 g/mol. The van der Waals surface area contributed by atoms with Crippen molar-refractivity contribution < 1.29 is 9.13 Å².